The lowest BCUT2D eigenvalue weighted by molar-refractivity contribution is 0.411. The van der Waals surface area contributed by atoms with Gasteiger partial charge in [-0.2, -0.15) is 0 Å². The molecule has 0 bridgehead atoms. The third-order valence-electron chi connectivity index (χ3n) is 3.66. The van der Waals surface area contributed by atoms with E-state index in [1.165, 1.54) is 25.7 Å². The quantitative estimate of drug-likeness (QED) is 0.852. The fourth-order valence-electron chi connectivity index (χ4n) is 2.54. The van der Waals surface area contributed by atoms with Crippen LogP contribution < -0.4 is 10.2 Å². The van der Waals surface area contributed by atoms with Gasteiger partial charge in [0.1, 0.15) is 16.8 Å². The van der Waals surface area contributed by atoms with E-state index >= 15 is 0 Å². The normalized spacial score (nSPS) is 21.3. The molecule has 1 aromatic heterocycles. The van der Waals surface area contributed by atoms with E-state index in [0.717, 1.165) is 30.8 Å². The van der Waals surface area contributed by atoms with E-state index in [0.29, 0.717) is 11.2 Å². The Kier molecular flexibility index (Phi) is 3.39. The Morgan fingerprint density at radius 2 is 1.83 bits per heavy atom. The number of halogens is 1. The lowest BCUT2D eigenvalue weighted by atomic mass is 10.1. The van der Waals surface area contributed by atoms with E-state index in [2.05, 4.69) is 20.2 Å². The molecule has 0 aromatic carbocycles. The lowest BCUT2D eigenvalue weighted by Gasteiger charge is -2.33. The highest BCUT2D eigenvalue weighted by Gasteiger charge is 2.27. The molecule has 1 aliphatic heterocycles. The smallest absolute Gasteiger partial charge is 0.134 e. The van der Waals surface area contributed by atoms with Crippen molar-refractivity contribution < 1.29 is 0 Å². The van der Waals surface area contributed by atoms with Crippen molar-refractivity contribution in [2.45, 2.75) is 44.7 Å². The van der Waals surface area contributed by atoms with E-state index in [-0.39, 0.29) is 0 Å². The van der Waals surface area contributed by atoms with Crippen LogP contribution in [-0.4, -0.2) is 35.1 Å². The van der Waals surface area contributed by atoms with Gasteiger partial charge in [0, 0.05) is 31.2 Å². The molecule has 1 saturated heterocycles. The maximum Gasteiger partial charge on any atom is 0.134 e. The number of aryl methyl sites for hydroxylation is 1. The molecule has 0 atom stereocenters. The van der Waals surface area contributed by atoms with Crippen LogP contribution in [0, 0.1) is 6.92 Å². The maximum absolute atomic E-state index is 5.99. The number of nitrogens with zero attached hydrogens (tertiary/aromatic N) is 3. The first kappa shape index (κ1) is 12.2. The van der Waals surface area contributed by atoms with Gasteiger partial charge in [0.25, 0.3) is 0 Å². The second-order valence-electron chi connectivity index (χ2n) is 5.30. The summed E-state index contributed by atoms with van der Waals surface area (Å²) in [6.45, 7) is 3.99. The minimum absolute atomic E-state index is 0.538. The van der Waals surface area contributed by atoms with Crippen molar-refractivity contribution in [1.82, 2.24) is 15.3 Å². The number of hydrogen-bond donors (Lipinski definition) is 1. The Hall–Kier alpha value is -0.870. The van der Waals surface area contributed by atoms with Gasteiger partial charge >= 0.3 is 0 Å². The largest absolute Gasteiger partial charge is 0.356 e. The first-order valence-electron chi connectivity index (χ1n) is 6.73. The van der Waals surface area contributed by atoms with Gasteiger partial charge in [-0.1, -0.05) is 11.6 Å². The molecule has 18 heavy (non-hydrogen) atoms. The average molecular weight is 267 g/mol. The van der Waals surface area contributed by atoms with Gasteiger partial charge in [-0.3, -0.25) is 0 Å². The van der Waals surface area contributed by atoms with Crippen molar-refractivity contribution >= 4 is 17.4 Å². The topological polar surface area (TPSA) is 41.1 Å². The average Bonchev–Trinajstić information content (AvgIpc) is 3.12. The zero-order chi connectivity index (χ0) is 12.5. The number of anilines is 1. The van der Waals surface area contributed by atoms with Gasteiger partial charge in [0.2, 0.25) is 0 Å². The van der Waals surface area contributed by atoms with Crippen molar-refractivity contribution in [3.05, 3.63) is 17.0 Å². The third kappa shape index (κ3) is 2.93. The standard InChI is InChI=1S/C13H19ClN4/c1-9-15-12(14)8-13(16-9)18-6-4-11(5-7-18)17-10-2-3-10/h8,10-11,17H,2-7H2,1H3. The molecule has 2 heterocycles. The maximum atomic E-state index is 5.99. The second-order valence-corrected chi connectivity index (χ2v) is 5.69. The van der Waals surface area contributed by atoms with E-state index in [1.807, 2.05) is 13.0 Å². The zero-order valence-electron chi connectivity index (χ0n) is 10.7. The van der Waals surface area contributed by atoms with Crippen LogP contribution in [0.5, 0.6) is 0 Å². The molecule has 4 nitrogen and oxygen atoms in total. The summed E-state index contributed by atoms with van der Waals surface area (Å²) in [7, 11) is 0. The molecule has 3 rings (SSSR count). The highest BCUT2D eigenvalue weighted by atomic mass is 35.5. The lowest BCUT2D eigenvalue weighted by Crippen LogP contribution is -2.43. The van der Waals surface area contributed by atoms with Crippen molar-refractivity contribution in [2.24, 2.45) is 0 Å². The monoisotopic (exact) mass is 266 g/mol. The zero-order valence-corrected chi connectivity index (χ0v) is 11.5. The van der Waals surface area contributed by atoms with Gasteiger partial charge < -0.3 is 10.2 Å². The number of piperidine rings is 1. The van der Waals surface area contributed by atoms with Crippen LogP contribution in [0.15, 0.2) is 6.07 Å². The molecule has 1 N–H and O–H groups in total. The van der Waals surface area contributed by atoms with Crippen LogP contribution in [-0.2, 0) is 0 Å². The fraction of sp³-hybridized carbons (Fsp3) is 0.692. The van der Waals surface area contributed by atoms with Crippen LogP contribution in [0.3, 0.4) is 0 Å². The molecule has 98 valence electrons. The summed E-state index contributed by atoms with van der Waals surface area (Å²) in [5, 5.41) is 4.24. The molecule has 1 aliphatic carbocycles. The van der Waals surface area contributed by atoms with Crippen LogP contribution in [0.4, 0.5) is 5.82 Å². The Balaban J connectivity index is 1.60. The van der Waals surface area contributed by atoms with E-state index < -0.39 is 0 Å². The molecular weight excluding hydrogens is 248 g/mol. The van der Waals surface area contributed by atoms with Gasteiger partial charge in [0.05, 0.1) is 0 Å². The molecule has 0 spiro atoms. The summed E-state index contributed by atoms with van der Waals surface area (Å²) < 4.78 is 0. The first-order valence-corrected chi connectivity index (χ1v) is 7.11. The van der Waals surface area contributed by atoms with Crippen molar-refractivity contribution in [3.63, 3.8) is 0 Å². The molecule has 2 aliphatic rings. The molecule has 0 amide bonds. The molecule has 0 radical (unpaired) electrons. The summed E-state index contributed by atoms with van der Waals surface area (Å²) in [6.07, 6.45) is 5.11. The summed E-state index contributed by atoms with van der Waals surface area (Å²) in [6, 6.07) is 3.35. The third-order valence-corrected chi connectivity index (χ3v) is 3.85. The number of nitrogens with one attached hydrogen (secondary N) is 1. The minimum Gasteiger partial charge on any atom is -0.356 e. The SMILES string of the molecule is Cc1nc(Cl)cc(N2CCC(NC3CC3)CC2)n1. The van der Waals surface area contributed by atoms with Crippen LogP contribution in [0.2, 0.25) is 5.15 Å². The van der Waals surface area contributed by atoms with Gasteiger partial charge in [-0.15, -0.1) is 0 Å². The molecular formula is C13H19ClN4. The Morgan fingerprint density at radius 1 is 1.17 bits per heavy atom. The highest BCUT2D eigenvalue weighted by molar-refractivity contribution is 6.29. The van der Waals surface area contributed by atoms with Crippen LogP contribution in [0.1, 0.15) is 31.5 Å². The number of aromatic nitrogens is 2. The van der Waals surface area contributed by atoms with Gasteiger partial charge in [-0.05, 0) is 32.6 Å². The summed E-state index contributed by atoms with van der Waals surface area (Å²) in [5.74, 6) is 1.72. The highest BCUT2D eigenvalue weighted by Crippen LogP contribution is 2.24. The molecule has 1 saturated carbocycles. The minimum atomic E-state index is 0.538. The van der Waals surface area contributed by atoms with Crippen LogP contribution in [0.25, 0.3) is 0 Å². The van der Waals surface area contributed by atoms with Crippen molar-refractivity contribution in [3.8, 4) is 0 Å². The molecule has 0 unspecified atom stereocenters. The first-order chi connectivity index (χ1) is 8.70. The predicted octanol–water partition coefficient (Wildman–Crippen LogP) is 2.16. The van der Waals surface area contributed by atoms with Crippen molar-refractivity contribution in [1.29, 1.82) is 0 Å². The summed E-state index contributed by atoms with van der Waals surface area (Å²) in [5.41, 5.74) is 0. The molecule has 2 fully saturated rings. The number of hydrogen-bond acceptors (Lipinski definition) is 4. The van der Waals surface area contributed by atoms with Gasteiger partial charge in [-0.25, -0.2) is 9.97 Å². The van der Waals surface area contributed by atoms with E-state index in [4.69, 9.17) is 11.6 Å². The van der Waals surface area contributed by atoms with E-state index in [1.54, 1.807) is 0 Å². The Morgan fingerprint density at radius 3 is 2.44 bits per heavy atom. The number of rotatable bonds is 3. The predicted molar refractivity (Wildman–Crippen MR) is 73.2 cm³/mol. The Labute approximate surface area is 113 Å². The second kappa shape index (κ2) is 5.02. The Bertz CT molecular complexity index is 405. The van der Waals surface area contributed by atoms with Crippen molar-refractivity contribution in [2.75, 3.05) is 18.0 Å². The fourth-order valence-corrected chi connectivity index (χ4v) is 2.76. The van der Waals surface area contributed by atoms with Crippen LogP contribution >= 0.6 is 11.6 Å². The molecule has 1 aromatic rings. The van der Waals surface area contributed by atoms with Gasteiger partial charge in [0.15, 0.2) is 0 Å². The van der Waals surface area contributed by atoms with E-state index in [9.17, 15) is 0 Å². The summed E-state index contributed by atoms with van der Waals surface area (Å²) in [4.78, 5) is 10.9. The summed E-state index contributed by atoms with van der Waals surface area (Å²) >= 11 is 5.99. The molecule has 5 heteroatoms.